The molecule has 1 aromatic rings. The minimum atomic E-state index is -1.05. The first kappa shape index (κ1) is 35.6. The van der Waals surface area contributed by atoms with Gasteiger partial charge in [-0.05, 0) is 44.4 Å². The third kappa shape index (κ3) is 13.6. The fourth-order valence-electron chi connectivity index (χ4n) is 3.57. The number of hydrogen-bond acceptors (Lipinski definition) is 8. The standard InChI is InChI=1S/C30H45N3O7S/c1-9-16-39-22-14-12-21(13-15-22)18-23(32-29(37)40-30(5,6)7)26(34)33-25(20(4)11-3)27(35)31-24(28(36)38-8)19-41-17-10-2/h9-10,12-15,20,23-25H,1-2,11,16-19H2,3-8H3,(H,31,35)(H,32,37)(H,33,34)/t20?,23-,24-,25?/m0/s1. The first-order valence-corrected chi connectivity index (χ1v) is 14.7. The molecule has 0 aromatic heterocycles. The van der Waals surface area contributed by atoms with E-state index >= 15 is 0 Å². The normalized spacial score (nSPS) is 13.9. The molecule has 228 valence electrons. The van der Waals surface area contributed by atoms with Gasteiger partial charge in [0.15, 0.2) is 0 Å². The largest absolute Gasteiger partial charge is 0.490 e. The molecule has 0 heterocycles. The summed E-state index contributed by atoms with van der Waals surface area (Å²) in [4.78, 5) is 51.9. The number of amides is 3. The van der Waals surface area contributed by atoms with E-state index in [4.69, 9.17) is 14.2 Å². The monoisotopic (exact) mass is 591 g/mol. The minimum absolute atomic E-state index is 0.130. The number of rotatable bonds is 17. The highest BCUT2D eigenvalue weighted by atomic mass is 32.2. The zero-order valence-electron chi connectivity index (χ0n) is 25.0. The van der Waals surface area contributed by atoms with Crippen LogP contribution in [0.15, 0.2) is 49.6 Å². The molecule has 4 atom stereocenters. The Hall–Kier alpha value is -3.47. The molecule has 0 bridgehead atoms. The maximum Gasteiger partial charge on any atom is 0.408 e. The van der Waals surface area contributed by atoms with Gasteiger partial charge in [0.2, 0.25) is 11.8 Å². The van der Waals surface area contributed by atoms with Crippen molar-refractivity contribution in [3.63, 3.8) is 0 Å². The van der Waals surface area contributed by atoms with Gasteiger partial charge in [0.1, 0.15) is 36.1 Å². The topological polar surface area (TPSA) is 132 Å². The molecule has 0 aliphatic rings. The van der Waals surface area contributed by atoms with Gasteiger partial charge in [0.05, 0.1) is 7.11 Å². The number of alkyl carbamates (subject to hydrolysis) is 1. The third-order valence-electron chi connectivity index (χ3n) is 5.85. The molecule has 0 saturated carbocycles. The van der Waals surface area contributed by atoms with Crippen LogP contribution >= 0.6 is 11.8 Å². The number of benzene rings is 1. The van der Waals surface area contributed by atoms with Crippen molar-refractivity contribution in [3.05, 3.63) is 55.1 Å². The van der Waals surface area contributed by atoms with E-state index in [2.05, 4.69) is 29.1 Å². The molecular formula is C30H45N3O7S. The summed E-state index contributed by atoms with van der Waals surface area (Å²) in [5.41, 5.74) is -0.0253. The number of carbonyl (C=O) groups excluding carboxylic acids is 4. The molecule has 0 radical (unpaired) electrons. The number of ether oxygens (including phenoxy) is 3. The average Bonchev–Trinajstić information content (AvgIpc) is 2.92. The van der Waals surface area contributed by atoms with Gasteiger partial charge in [-0.15, -0.1) is 6.58 Å². The van der Waals surface area contributed by atoms with E-state index in [-0.39, 0.29) is 18.1 Å². The second-order valence-electron chi connectivity index (χ2n) is 10.4. The highest BCUT2D eigenvalue weighted by Gasteiger charge is 2.33. The van der Waals surface area contributed by atoms with Crippen LogP contribution < -0.4 is 20.7 Å². The van der Waals surface area contributed by atoms with Gasteiger partial charge in [-0.1, -0.05) is 51.1 Å². The lowest BCUT2D eigenvalue weighted by molar-refractivity contribution is -0.144. The van der Waals surface area contributed by atoms with Crippen LogP contribution in [0, 0.1) is 5.92 Å². The average molecular weight is 592 g/mol. The summed E-state index contributed by atoms with van der Waals surface area (Å²) in [5, 5.41) is 8.15. The number of carbonyl (C=O) groups is 4. The summed E-state index contributed by atoms with van der Waals surface area (Å²) in [7, 11) is 1.25. The molecule has 0 aliphatic heterocycles. The first-order valence-electron chi connectivity index (χ1n) is 13.5. The molecule has 11 heteroatoms. The maximum atomic E-state index is 13.6. The third-order valence-corrected chi connectivity index (χ3v) is 6.89. The Balaban J connectivity index is 3.18. The highest BCUT2D eigenvalue weighted by Crippen LogP contribution is 2.16. The fourth-order valence-corrected chi connectivity index (χ4v) is 4.33. The predicted octanol–water partition coefficient (Wildman–Crippen LogP) is 3.80. The van der Waals surface area contributed by atoms with Gasteiger partial charge in [0, 0.05) is 17.9 Å². The molecule has 0 aliphatic carbocycles. The Kier molecular flexibility index (Phi) is 15.7. The Morgan fingerprint density at radius 2 is 1.63 bits per heavy atom. The smallest absolute Gasteiger partial charge is 0.408 e. The molecular weight excluding hydrogens is 546 g/mol. The molecule has 1 aromatic carbocycles. The Bertz CT molecular complexity index is 1020. The van der Waals surface area contributed by atoms with Crippen molar-refractivity contribution in [2.75, 3.05) is 25.2 Å². The molecule has 0 saturated heterocycles. The Morgan fingerprint density at radius 3 is 2.17 bits per heavy atom. The molecule has 41 heavy (non-hydrogen) atoms. The number of thioether (sulfide) groups is 1. The summed E-state index contributed by atoms with van der Waals surface area (Å²) in [5.74, 6) is -0.457. The van der Waals surface area contributed by atoms with Crippen LogP contribution in [0.5, 0.6) is 5.75 Å². The van der Waals surface area contributed by atoms with E-state index in [1.165, 1.54) is 18.9 Å². The summed E-state index contributed by atoms with van der Waals surface area (Å²) in [6.07, 6.45) is 3.27. The molecule has 1 rings (SSSR count). The van der Waals surface area contributed by atoms with Gasteiger partial charge >= 0.3 is 12.1 Å². The first-order chi connectivity index (χ1) is 19.3. The summed E-state index contributed by atoms with van der Waals surface area (Å²) in [6, 6.07) is 4.16. The molecule has 3 N–H and O–H groups in total. The van der Waals surface area contributed by atoms with E-state index in [9.17, 15) is 19.2 Å². The van der Waals surface area contributed by atoms with Crippen LogP contribution in [0.25, 0.3) is 0 Å². The SMILES string of the molecule is C=CCOc1ccc(C[C@H](NC(=O)OC(C)(C)C)C(=O)NC(C(=O)N[C@@H](CSCC=C)C(=O)OC)C(C)CC)cc1. The Morgan fingerprint density at radius 1 is 0.976 bits per heavy atom. The summed E-state index contributed by atoms with van der Waals surface area (Å²) in [6.45, 7) is 16.5. The lowest BCUT2D eigenvalue weighted by Gasteiger charge is -2.28. The van der Waals surface area contributed by atoms with Crippen molar-refractivity contribution in [2.45, 2.75) is 71.2 Å². The number of nitrogens with one attached hydrogen (secondary N) is 3. The lowest BCUT2D eigenvalue weighted by Crippen LogP contribution is -2.58. The molecule has 2 unspecified atom stereocenters. The summed E-state index contributed by atoms with van der Waals surface area (Å²) < 4.78 is 15.7. The molecule has 3 amide bonds. The zero-order chi connectivity index (χ0) is 31.0. The van der Waals surface area contributed by atoms with Crippen molar-refractivity contribution in [3.8, 4) is 5.75 Å². The van der Waals surface area contributed by atoms with Crippen molar-refractivity contribution < 1.29 is 33.4 Å². The van der Waals surface area contributed by atoms with E-state index in [0.29, 0.717) is 24.5 Å². The van der Waals surface area contributed by atoms with Gasteiger partial charge in [0.25, 0.3) is 0 Å². The van der Waals surface area contributed by atoms with Gasteiger partial charge in [-0.3, -0.25) is 9.59 Å². The van der Waals surface area contributed by atoms with Crippen LogP contribution in [0.4, 0.5) is 4.79 Å². The van der Waals surface area contributed by atoms with Gasteiger partial charge in [-0.25, -0.2) is 9.59 Å². The fraction of sp³-hybridized carbons (Fsp3) is 0.533. The van der Waals surface area contributed by atoms with E-state index in [1.807, 2.05) is 13.8 Å². The maximum absolute atomic E-state index is 13.6. The van der Waals surface area contributed by atoms with Crippen LogP contribution in [-0.2, 0) is 30.3 Å². The van der Waals surface area contributed by atoms with Crippen LogP contribution in [0.2, 0.25) is 0 Å². The van der Waals surface area contributed by atoms with Crippen LogP contribution in [0.3, 0.4) is 0 Å². The predicted molar refractivity (Wildman–Crippen MR) is 162 cm³/mol. The Labute approximate surface area is 248 Å². The van der Waals surface area contributed by atoms with E-state index in [0.717, 1.165) is 5.56 Å². The van der Waals surface area contributed by atoms with Crippen molar-refractivity contribution in [1.29, 1.82) is 0 Å². The number of hydrogen-bond donors (Lipinski definition) is 3. The molecule has 10 nitrogen and oxygen atoms in total. The van der Waals surface area contributed by atoms with Crippen molar-refractivity contribution >= 4 is 35.6 Å². The number of methoxy groups -OCH3 is 1. The lowest BCUT2D eigenvalue weighted by atomic mass is 9.97. The van der Waals surface area contributed by atoms with Crippen LogP contribution in [-0.4, -0.2) is 72.8 Å². The minimum Gasteiger partial charge on any atom is -0.490 e. The van der Waals surface area contributed by atoms with Crippen molar-refractivity contribution in [1.82, 2.24) is 16.0 Å². The van der Waals surface area contributed by atoms with Gasteiger partial charge in [-0.2, -0.15) is 11.8 Å². The van der Waals surface area contributed by atoms with E-state index < -0.39 is 47.6 Å². The molecule has 0 fully saturated rings. The number of esters is 1. The molecule has 0 spiro atoms. The van der Waals surface area contributed by atoms with Crippen molar-refractivity contribution in [2.24, 2.45) is 5.92 Å². The van der Waals surface area contributed by atoms with Crippen LogP contribution in [0.1, 0.15) is 46.6 Å². The summed E-state index contributed by atoms with van der Waals surface area (Å²) >= 11 is 1.41. The second kappa shape index (κ2) is 18.1. The van der Waals surface area contributed by atoms with Gasteiger partial charge < -0.3 is 30.2 Å². The quantitative estimate of drug-likeness (QED) is 0.142. The second-order valence-corrected chi connectivity index (χ2v) is 11.5. The highest BCUT2D eigenvalue weighted by molar-refractivity contribution is 7.99. The van der Waals surface area contributed by atoms with E-state index in [1.54, 1.807) is 57.2 Å². The zero-order valence-corrected chi connectivity index (χ0v) is 25.8.